The van der Waals surface area contributed by atoms with Crippen LogP contribution in [0.2, 0.25) is 0 Å². The molecule has 0 fully saturated rings. The Morgan fingerprint density at radius 1 is 1.41 bits per heavy atom. The number of halogens is 3. The number of hydrogen-bond acceptors (Lipinski definition) is 2. The van der Waals surface area contributed by atoms with E-state index in [1.54, 1.807) is 0 Å². The Labute approximate surface area is 97.3 Å². The molecule has 0 N–H and O–H groups in total. The fourth-order valence-electron chi connectivity index (χ4n) is 1.48. The quantitative estimate of drug-likeness (QED) is 0.598. The summed E-state index contributed by atoms with van der Waals surface area (Å²) in [5.41, 5.74) is -0.775. The maximum Gasteiger partial charge on any atom is 0.418 e. The number of carbonyl (C=O) groups is 1. The monoisotopic (exact) mass is 243 g/mol. The topological polar surface area (TPSA) is 20.3 Å². The highest BCUT2D eigenvalue weighted by molar-refractivity contribution is 5.77. The molecular weight excluding hydrogens is 231 g/mol. The molecule has 0 unspecified atom stereocenters. The van der Waals surface area contributed by atoms with E-state index in [4.69, 9.17) is 0 Å². The Morgan fingerprint density at radius 2 is 2.06 bits per heavy atom. The van der Waals surface area contributed by atoms with E-state index < -0.39 is 11.7 Å². The normalized spacial score (nSPS) is 11.1. The minimum Gasteiger partial charge on any atom is -0.370 e. The average Bonchev–Trinajstić information content (AvgIpc) is 2.27. The highest BCUT2D eigenvalue weighted by Gasteiger charge is 2.34. The summed E-state index contributed by atoms with van der Waals surface area (Å²) in [6.45, 7) is 3.77. The molecule has 0 aliphatic heterocycles. The summed E-state index contributed by atoms with van der Waals surface area (Å²) < 4.78 is 38.4. The van der Waals surface area contributed by atoms with E-state index in [-0.39, 0.29) is 11.3 Å². The number of rotatable bonds is 4. The number of hydrogen-bond donors (Lipinski definition) is 0. The molecule has 1 rings (SSSR count). The second-order valence-electron chi connectivity index (χ2n) is 3.56. The predicted molar refractivity (Wildman–Crippen MR) is 60.3 cm³/mol. The van der Waals surface area contributed by atoms with Gasteiger partial charge in [0.25, 0.3) is 0 Å². The van der Waals surface area contributed by atoms with Gasteiger partial charge in [-0.2, -0.15) is 13.2 Å². The summed E-state index contributed by atoms with van der Waals surface area (Å²) in [7, 11) is 1.53. The van der Waals surface area contributed by atoms with Crippen molar-refractivity contribution in [2.24, 2.45) is 0 Å². The molecule has 0 aliphatic carbocycles. The van der Waals surface area contributed by atoms with Gasteiger partial charge in [-0.15, -0.1) is 6.58 Å². The number of anilines is 1. The Morgan fingerprint density at radius 3 is 2.53 bits per heavy atom. The number of benzene rings is 1. The summed E-state index contributed by atoms with van der Waals surface area (Å²) >= 11 is 0. The molecular formula is C12H12F3NO. The van der Waals surface area contributed by atoms with Crippen molar-refractivity contribution in [3.63, 3.8) is 0 Å². The molecule has 92 valence electrons. The fraction of sp³-hybridized carbons (Fsp3) is 0.250. The third-order valence-corrected chi connectivity index (χ3v) is 2.28. The molecule has 2 nitrogen and oxygen atoms in total. The molecule has 1 aromatic carbocycles. The minimum absolute atomic E-state index is 0.00748. The zero-order valence-corrected chi connectivity index (χ0v) is 9.29. The van der Waals surface area contributed by atoms with Gasteiger partial charge < -0.3 is 4.90 Å². The summed E-state index contributed by atoms with van der Waals surface area (Å²) in [5.74, 6) is 0. The first-order valence-corrected chi connectivity index (χ1v) is 4.88. The molecule has 0 heterocycles. The van der Waals surface area contributed by atoms with Crippen LogP contribution >= 0.6 is 0 Å². The third kappa shape index (κ3) is 3.09. The van der Waals surface area contributed by atoms with E-state index in [0.29, 0.717) is 12.8 Å². The van der Waals surface area contributed by atoms with Gasteiger partial charge in [-0.1, -0.05) is 6.08 Å². The number of aldehydes is 1. The molecule has 0 saturated heterocycles. The van der Waals surface area contributed by atoms with Crippen LogP contribution in [0.15, 0.2) is 30.9 Å². The van der Waals surface area contributed by atoms with Crippen molar-refractivity contribution in [3.8, 4) is 0 Å². The number of carbonyl (C=O) groups excluding carboxylic acids is 1. The molecule has 5 heteroatoms. The van der Waals surface area contributed by atoms with Crippen molar-refractivity contribution >= 4 is 12.0 Å². The predicted octanol–water partition coefficient (Wildman–Crippen LogP) is 3.14. The molecule has 0 spiro atoms. The van der Waals surface area contributed by atoms with Crippen LogP contribution in [0.5, 0.6) is 0 Å². The largest absolute Gasteiger partial charge is 0.418 e. The Bertz CT molecular complexity index is 426. The summed E-state index contributed by atoms with van der Waals surface area (Å²) in [4.78, 5) is 11.9. The van der Waals surface area contributed by atoms with Crippen LogP contribution in [0.4, 0.5) is 18.9 Å². The Balaban J connectivity index is 3.29. The number of nitrogens with zero attached hydrogens (tertiary/aromatic N) is 1. The van der Waals surface area contributed by atoms with Crippen molar-refractivity contribution in [3.05, 3.63) is 42.0 Å². The summed E-state index contributed by atoms with van der Waals surface area (Å²) in [5, 5.41) is 0. The highest BCUT2D eigenvalue weighted by Crippen LogP contribution is 2.36. The number of likely N-dealkylation sites (N-methyl/N-ethyl adjacent to an activating group) is 1. The third-order valence-electron chi connectivity index (χ3n) is 2.28. The van der Waals surface area contributed by atoms with Crippen LogP contribution in [0.3, 0.4) is 0 Å². The molecule has 0 atom stereocenters. The molecule has 0 aliphatic rings. The molecule has 0 radical (unpaired) electrons. The van der Waals surface area contributed by atoms with Crippen LogP contribution in [-0.2, 0) is 6.18 Å². The van der Waals surface area contributed by atoms with Crippen molar-refractivity contribution in [1.82, 2.24) is 0 Å². The van der Waals surface area contributed by atoms with Crippen molar-refractivity contribution in [1.29, 1.82) is 0 Å². The van der Waals surface area contributed by atoms with E-state index in [1.165, 1.54) is 30.2 Å². The van der Waals surface area contributed by atoms with Gasteiger partial charge in [0.05, 0.1) is 5.56 Å². The van der Waals surface area contributed by atoms with E-state index in [0.717, 1.165) is 6.07 Å². The van der Waals surface area contributed by atoms with E-state index in [2.05, 4.69) is 6.58 Å². The molecule has 1 aromatic rings. The molecule has 0 saturated carbocycles. The second-order valence-corrected chi connectivity index (χ2v) is 3.56. The van der Waals surface area contributed by atoms with Crippen molar-refractivity contribution in [2.75, 3.05) is 18.5 Å². The first kappa shape index (κ1) is 13.3. The van der Waals surface area contributed by atoms with Crippen molar-refractivity contribution < 1.29 is 18.0 Å². The smallest absolute Gasteiger partial charge is 0.370 e. The molecule has 0 aromatic heterocycles. The number of alkyl halides is 3. The Hall–Kier alpha value is -1.78. The van der Waals surface area contributed by atoms with Gasteiger partial charge in [0.1, 0.15) is 6.29 Å². The lowest BCUT2D eigenvalue weighted by Gasteiger charge is -2.22. The maximum atomic E-state index is 12.8. The molecule has 0 bridgehead atoms. The van der Waals surface area contributed by atoms with Crippen LogP contribution in [-0.4, -0.2) is 19.9 Å². The van der Waals surface area contributed by atoms with Gasteiger partial charge in [-0.3, -0.25) is 4.79 Å². The van der Waals surface area contributed by atoms with Crippen LogP contribution in [0, 0.1) is 0 Å². The van der Waals surface area contributed by atoms with Crippen LogP contribution in [0.1, 0.15) is 15.9 Å². The lowest BCUT2D eigenvalue weighted by molar-refractivity contribution is -0.137. The van der Waals surface area contributed by atoms with Gasteiger partial charge in [0.2, 0.25) is 0 Å². The minimum atomic E-state index is -4.48. The van der Waals surface area contributed by atoms with Gasteiger partial charge in [0.15, 0.2) is 0 Å². The van der Waals surface area contributed by atoms with Crippen LogP contribution < -0.4 is 4.90 Å². The van der Waals surface area contributed by atoms with E-state index in [9.17, 15) is 18.0 Å². The average molecular weight is 243 g/mol. The SMILES string of the molecule is C=CCN(C)c1ccc(C=O)cc1C(F)(F)F. The van der Waals surface area contributed by atoms with E-state index >= 15 is 0 Å². The lowest BCUT2D eigenvalue weighted by atomic mass is 10.1. The maximum absolute atomic E-state index is 12.8. The van der Waals surface area contributed by atoms with Crippen LogP contribution in [0.25, 0.3) is 0 Å². The Kier molecular flexibility index (Phi) is 3.93. The van der Waals surface area contributed by atoms with Gasteiger partial charge in [0, 0.05) is 24.8 Å². The lowest BCUT2D eigenvalue weighted by Crippen LogP contribution is -2.21. The molecule has 0 amide bonds. The summed E-state index contributed by atoms with van der Waals surface area (Å²) in [6.07, 6.45) is -2.58. The summed E-state index contributed by atoms with van der Waals surface area (Å²) in [6, 6.07) is 3.50. The standard InChI is InChI=1S/C12H12F3NO/c1-3-6-16(2)11-5-4-9(8-17)7-10(11)12(13,14)15/h3-5,7-8H,1,6H2,2H3. The first-order chi connectivity index (χ1) is 7.90. The zero-order chi connectivity index (χ0) is 13.1. The highest BCUT2D eigenvalue weighted by atomic mass is 19.4. The fourth-order valence-corrected chi connectivity index (χ4v) is 1.48. The van der Waals surface area contributed by atoms with Crippen molar-refractivity contribution in [2.45, 2.75) is 6.18 Å². The first-order valence-electron chi connectivity index (χ1n) is 4.88. The van der Waals surface area contributed by atoms with Gasteiger partial charge in [-0.25, -0.2) is 0 Å². The second kappa shape index (κ2) is 5.03. The van der Waals surface area contributed by atoms with Gasteiger partial charge in [-0.05, 0) is 18.2 Å². The van der Waals surface area contributed by atoms with Gasteiger partial charge >= 0.3 is 6.18 Å². The van der Waals surface area contributed by atoms with E-state index in [1.807, 2.05) is 0 Å². The zero-order valence-electron chi connectivity index (χ0n) is 9.29. The molecule has 17 heavy (non-hydrogen) atoms.